The summed E-state index contributed by atoms with van der Waals surface area (Å²) in [6.07, 6.45) is 6.85. The Bertz CT molecular complexity index is 223. The van der Waals surface area contributed by atoms with Crippen LogP contribution in [0.3, 0.4) is 0 Å². The second kappa shape index (κ2) is 5.03. The molecule has 94 valence electrons. The molecule has 1 aliphatic heterocycles. The fraction of sp³-hybridized carbons (Fsp3) is 1.00. The lowest BCUT2D eigenvalue weighted by Crippen LogP contribution is -2.59. The summed E-state index contributed by atoms with van der Waals surface area (Å²) >= 11 is 0. The van der Waals surface area contributed by atoms with Gasteiger partial charge < -0.3 is 15.1 Å². The van der Waals surface area contributed by atoms with Gasteiger partial charge in [-0.15, -0.1) is 0 Å². The van der Waals surface area contributed by atoms with Crippen molar-refractivity contribution < 1.29 is 0 Å². The lowest BCUT2D eigenvalue weighted by atomic mass is 9.75. The van der Waals surface area contributed by atoms with E-state index in [0.717, 1.165) is 6.04 Å². The molecule has 3 heteroatoms. The minimum absolute atomic E-state index is 0.468. The lowest BCUT2D eigenvalue weighted by Gasteiger charge is -2.48. The second-order valence-corrected chi connectivity index (χ2v) is 5.95. The Morgan fingerprint density at radius 3 is 2.56 bits per heavy atom. The zero-order valence-electron chi connectivity index (χ0n) is 11.1. The number of nitrogens with one attached hydrogen (secondary N) is 1. The van der Waals surface area contributed by atoms with E-state index in [-0.39, 0.29) is 0 Å². The van der Waals surface area contributed by atoms with Gasteiger partial charge in [0.2, 0.25) is 0 Å². The maximum atomic E-state index is 3.79. The molecule has 0 amide bonds. The number of hydrogen-bond acceptors (Lipinski definition) is 3. The normalized spacial score (nSPS) is 30.4. The highest BCUT2D eigenvalue weighted by Gasteiger charge is 2.39. The zero-order valence-corrected chi connectivity index (χ0v) is 11.1. The molecule has 1 heterocycles. The van der Waals surface area contributed by atoms with Gasteiger partial charge in [-0.25, -0.2) is 0 Å². The maximum Gasteiger partial charge on any atom is 0.0328 e. The molecule has 2 fully saturated rings. The molecule has 0 aromatic heterocycles. The largest absolute Gasteiger partial charge is 0.311 e. The number of likely N-dealkylation sites (tertiary alicyclic amines) is 1. The molecule has 0 spiro atoms. The first-order valence-electron chi connectivity index (χ1n) is 6.72. The van der Waals surface area contributed by atoms with Gasteiger partial charge in [-0.1, -0.05) is 0 Å². The summed E-state index contributed by atoms with van der Waals surface area (Å²) in [5.74, 6) is 0. The number of hydrogen-bond donors (Lipinski definition) is 1. The molecule has 0 aromatic carbocycles. The third-order valence-corrected chi connectivity index (χ3v) is 4.58. The Morgan fingerprint density at radius 1 is 1.31 bits per heavy atom. The molecule has 1 atom stereocenters. The zero-order chi connectivity index (χ0) is 11.6. The van der Waals surface area contributed by atoms with Crippen LogP contribution in [-0.4, -0.2) is 62.2 Å². The van der Waals surface area contributed by atoms with Gasteiger partial charge in [0.1, 0.15) is 0 Å². The number of nitrogens with zero attached hydrogens (tertiary/aromatic N) is 2. The molecule has 1 N–H and O–H groups in total. The van der Waals surface area contributed by atoms with Crippen molar-refractivity contribution in [2.24, 2.45) is 0 Å². The summed E-state index contributed by atoms with van der Waals surface area (Å²) in [6, 6.07) is 0.719. The Balaban J connectivity index is 1.77. The summed E-state index contributed by atoms with van der Waals surface area (Å²) in [7, 11) is 6.70. The van der Waals surface area contributed by atoms with Crippen molar-refractivity contribution in [1.82, 2.24) is 15.1 Å². The van der Waals surface area contributed by atoms with Crippen molar-refractivity contribution >= 4 is 0 Å². The van der Waals surface area contributed by atoms with E-state index in [1.165, 1.54) is 51.7 Å². The topological polar surface area (TPSA) is 18.5 Å². The SMILES string of the molecule is CN1CCCC(NCC2(N(C)C)CCC2)C1. The standard InChI is InChI=1S/C13H27N3/c1-15(2)13(7-5-8-13)11-14-12-6-4-9-16(3)10-12/h12,14H,4-11H2,1-3H3. The molecule has 1 saturated heterocycles. The van der Waals surface area contributed by atoms with Crippen LogP contribution in [-0.2, 0) is 0 Å². The molecule has 3 nitrogen and oxygen atoms in total. The Morgan fingerprint density at radius 2 is 2.06 bits per heavy atom. The van der Waals surface area contributed by atoms with Gasteiger partial charge in [0, 0.05) is 24.7 Å². The van der Waals surface area contributed by atoms with Crippen LogP contribution < -0.4 is 5.32 Å². The highest BCUT2D eigenvalue weighted by atomic mass is 15.2. The summed E-state index contributed by atoms with van der Waals surface area (Å²) < 4.78 is 0. The van der Waals surface area contributed by atoms with Crippen molar-refractivity contribution in [1.29, 1.82) is 0 Å². The average molecular weight is 225 g/mol. The molecular weight excluding hydrogens is 198 g/mol. The van der Waals surface area contributed by atoms with Crippen molar-refractivity contribution in [3.05, 3.63) is 0 Å². The maximum absolute atomic E-state index is 3.79. The van der Waals surface area contributed by atoms with E-state index in [0.29, 0.717) is 5.54 Å². The number of rotatable bonds is 4. The van der Waals surface area contributed by atoms with E-state index < -0.39 is 0 Å². The molecule has 1 aliphatic carbocycles. The predicted octanol–water partition coefficient (Wildman–Crippen LogP) is 1.15. The third-order valence-electron chi connectivity index (χ3n) is 4.58. The first-order chi connectivity index (χ1) is 7.62. The van der Waals surface area contributed by atoms with Crippen LogP contribution in [0.25, 0.3) is 0 Å². The molecule has 16 heavy (non-hydrogen) atoms. The first kappa shape index (κ1) is 12.3. The van der Waals surface area contributed by atoms with Crippen LogP contribution in [0.15, 0.2) is 0 Å². The van der Waals surface area contributed by atoms with Crippen molar-refractivity contribution in [2.45, 2.75) is 43.7 Å². The summed E-state index contributed by atoms with van der Waals surface area (Å²) in [5, 5.41) is 3.79. The smallest absolute Gasteiger partial charge is 0.0328 e. The number of piperidine rings is 1. The average Bonchev–Trinajstić information content (AvgIpc) is 2.15. The van der Waals surface area contributed by atoms with Gasteiger partial charge in [-0.05, 0) is 59.8 Å². The minimum Gasteiger partial charge on any atom is -0.311 e. The first-order valence-corrected chi connectivity index (χ1v) is 6.72. The molecule has 0 aromatic rings. The van der Waals surface area contributed by atoms with Crippen LogP contribution in [0, 0.1) is 0 Å². The van der Waals surface area contributed by atoms with Crippen LogP contribution in [0.2, 0.25) is 0 Å². The van der Waals surface area contributed by atoms with E-state index in [4.69, 9.17) is 0 Å². The Kier molecular flexibility index (Phi) is 3.88. The molecule has 2 aliphatic rings. The van der Waals surface area contributed by atoms with Crippen LogP contribution in [0.5, 0.6) is 0 Å². The van der Waals surface area contributed by atoms with Crippen molar-refractivity contribution in [3.8, 4) is 0 Å². The summed E-state index contributed by atoms with van der Waals surface area (Å²) in [6.45, 7) is 3.68. The third kappa shape index (κ3) is 2.58. The van der Waals surface area contributed by atoms with Crippen LogP contribution in [0.4, 0.5) is 0 Å². The summed E-state index contributed by atoms with van der Waals surface area (Å²) in [4.78, 5) is 4.88. The predicted molar refractivity (Wildman–Crippen MR) is 68.8 cm³/mol. The monoisotopic (exact) mass is 225 g/mol. The highest BCUT2D eigenvalue weighted by Crippen LogP contribution is 2.35. The highest BCUT2D eigenvalue weighted by molar-refractivity contribution is 4.98. The molecule has 2 rings (SSSR count). The Hall–Kier alpha value is -0.120. The van der Waals surface area contributed by atoms with E-state index in [1.807, 2.05) is 0 Å². The van der Waals surface area contributed by atoms with Gasteiger partial charge in [0.25, 0.3) is 0 Å². The lowest BCUT2D eigenvalue weighted by molar-refractivity contribution is 0.0535. The van der Waals surface area contributed by atoms with E-state index >= 15 is 0 Å². The molecule has 0 radical (unpaired) electrons. The van der Waals surface area contributed by atoms with E-state index in [1.54, 1.807) is 0 Å². The molecule has 1 saturated carbocycles. The second-order valence-electron chi connectivity index (χ2n) is 5.95. The Labute approximate surface area is 100 Å². The van der Waals surface area contributed by atoms with Gasteiger partial charge in [0.05, 0.1) is 0 Å². The van der Waals surface area contributed by atoms with Crippen LogP contribution >= 0.6 is 0 Å². The quantitative estimate of drug-likeness (QED) is 0.774. The van der Waals surface area contributed by atoms with Gasteiger partial charge in [-0.2, -0.15) is 0 Å². The molecular formula is C13H27N3. The van der Waals surface area contributed by atoms with E-state index in [9.17, 15) is 0 Å². The van der Waals surface area contributed by atoms with Gasteiger partial charge in [0.15, 0.2) is 0 Å². The fourth-order valence-corrected chi connectivity index (χ4v) is 3.03. The van der Waals surface area contributed by atoms with Crippen molar-refractivity contribution in [2.75, 3.05) is 40.8 Å². The van der Waals surface area contributed by atoms with Gasteiger partial charge >= 0.3 is 0 Å². The summed E-state index contributed by atoms with van der Waals surface area (Å²) in [5.41, 5.74) is 0.468. The minimum atomic E-state index is 0.468. The van der Waals surface area contributed by atoms with Gasteiger partial charge in [-0.3, -0.25) is 0 Å². The number of likely N-dealkylation sites (N-methyl/N-ethyl adjacent to an activating group) is 2. The van der Waals surface area contributed by atoms with Crippen molar-refractivity contribution in [3.63, 3.8) is 0 Å². The van der Waals surface area contributed by atoms with Crippen LogP contribution in [0.1, 0.15) is 32.1 Å². The molecule has 0 bridgehead atoms. The van der Waals surface area contributed by atoms with E-state index in [2.05, 4.69) is 36.3 Å². The fourth-order valence-electron chi connectivity index (χ4n) is 3.03. The molecule has 1 unspecified atom stereocenters.